The molecule has 5 rings (SSSR count). The molecular weight excluding hydrogens is 456 g/mol. The van der Waals surface area contributed by atoms with Gasteiger partial charge < -0.3 is 23.8 Å². The maximum atomic E-state index is 11.5. The Morgan fingerprint density at radius 1 is 1.28 bits per heavy atom. The van der Waals surface area contributed by atoms with Gasteiger partial charge in [-0.3, -0.25) is 4.79 Å². The summed E-state index contributed by atoms with van der Waals surface area (Å²) in [5.74, 6) is 9.83. The molecule has 4 atom stereocenters. The summed E-state index contributed by atoms with van der Waals surface area (Å²) in [6, 6.07) is 9.96. The van der Waals surface area contributed by atoms with E-state index in [1.807, 2.05) is 48.0 Å². The van der Waals surface area contributed by atoms with E-state index in [1.165, 1.54) is 0 Å². The minimum Gasteiger partial charge on any atom is -0.466 e. The molecule has 0 unspecified atom stereocenters. The lowest BCUT2D eigenvalue weighted by atomic mass is 10.1. The van der Waals surface area contributed by atoms with Gasteiger partial charge in [0.25, 0.3) is 0 Å². The summed E-state index contributed by atoms with van der Waals surface area (Å²) in [5.41, 5.74) is 2.71. The molecule has 188 valence electrons. The number of rotatable bonds is 9. The van der Waals surface area contributed by atoms with Crippen LogP contribution >= 0.6 is 0 Å². The lowest BCUT2D eigenvalue weighted by Gasteiger charge is -2.17. The van der Waals surface area contributed by atoms with Gasteiger partial charge in [0.1, 0.15) is 17.6 Å². The number of hydrogen-bond acceptors (Lipinski definition) is 7. The summed E-state index contributed by atoms with van der Waals surface area (Å²) in [5, 5.41) is 14.0. The fourth-order valence-corrected chi connectivity index (χ4v) is 5.09. The number of aliphatic hydroxyl groups is 1. The van der Waals surface area contributed by atoms with Gasteiger partial charge in [0.2, 0.25) is 0 Å². The Hall–Kier alpha value is -3.41. The van der Waals surface area contributed by atoms with E-state index in [9.17, 15) is 9.90 Å². The Labute approximate surface area is 211 Å². The monoisotopic (exact) mass is 488 g/mol. The second kappa shape index (κ2) is 10.7. The Morgan fingerprint density at radius 3 is 2.78 bits per heavy atom. The topological polar surface area (TPSA) is 93.6 Å². The zero-order valence-corrected chi connectivity index (χ0v) is 20.8. The fourth-order valence-electron chi connectivity index (χ4n) is 5.09. The van der Waals surface area contributed by atoms with Crippen LogP contribution in [0.4, 0.5) is 0 Å². The van der Waals surface area contributed by atoms with Crippen molar-refractivity contribution < 1.29 is 19.2 Å². The summed E-state index contributed by atoms with van der Waals surface area (Å²) < 4.78 is 12.4. The third kappa shape index (κ3) is 5.53. The van der Waals surface area contributed by atoms with Gasteiger partial charge in [-0.25, -0.2) is 4.98 Å². The first kappa shape index (κ1) is 24.3. The van der Waals surface area contributed by atoms with Gasteiger partial charge in [0, 0.05) is 55.0 Å². The quantitative estimate of drug-likeness (QED) is 0.364. The Morgan fingerprint density at radius 2 is 2.06 bits per heavy atom. The molecule has 3 heterocycles. The van der Waals surface area contributed by atoms with E-state index in [0.717, 1.165) is 42.9 Å². The average molecular weight is 489 g/mol. The molecule has 1 saturated heterocycles. The van der Waals surface area contributed by atoms with Crippen LogP contribution in [0.3, 0.4) is 0 Å². The predicted octanol–water partition coefficient (Wildman–Crippen LogP) is 3.51. The number of ether oxygens (including phenoxy) is 1. The molecule has 1 aromatic carbocycles. The number of likely N-dealkylation sites (tertiary alicyclic amines) is 1. The van der Waals surface area contributed by atoms with Crippen molar-refractivity contribution in [1.29, 1.82) is 0 Å². The molecule has 8 heteroatoms. The molecule has 3 aromatic rings. The number of piperidine rings is 1. The molecule has 36 heavy (non-hydrogen) atoms. The number of imidazole rings is 1. The van der Waals surface area contributed by atoms with Gasteiger partial charge in [0.05, 0.1) is 13.2 Å². The molecule has 1 N–H and O–H groups in total. The summed E-state index contributed by atoms with van der Waals surface area (Å²) >= 11 is 0. The van der Waals surface area contributed by atoms with Crippen molar-refractivity contribution in [2.24, 2.45) is 17.8 Å². The smallest absolute Gasteiger partial charge is 0.305 e. The van der Waals surface area contributed by atoms with Crippen molar-refractivity contribution in [1.82, 2.24) is 19.6 Å². The van der Waals surface area contributed by atoms with E-state index in [0.29, 0.717) is 48.9 Å². The molecule has 2 aromatic heterocycles. The number of esters is 1. The van der Waals surface area contributed by atoms with Crippen molar-refractivity contribution in [2.45, 2.75) is 39.3 Å². The molecular formula is C28H32N4O4. The number of aromatic nitrogens is 3. The molecule has 2 aliphatic rings. The zero-order valence-electron chi connectivity index (χ0n) is 20.8. The highest BCUT2D eigenvalue weighted by Gasteiger charge is 2.54. The van der Waals surface area contributed by atoms with Crippen molar-refractivity contribution in [2.75, 3.05) is 26.2 Å². The third-order valence-corrected chi connectivity index (χ3v) is 7.00. The lowest BCUT2D eigenvalue weighted by molar-refractivity contribution is -0.143. The predicted molar refractivity (Wildman–Crippen MR) is 134 cm³/mol. The maximum Gasteiger partial charge on any atom is 0.305 e. The highest BCUT2D eigenvalue weighted by atomic mass is 16.5. The molecule has 0 radical (unpaired) electrons. The van der Waals surface area contributed by atoms with Gasteiger partial charge in [-0.1, -0.05) is 17.0 Å². The number of benzene rings is 1. The van der Waals surface area contributed by atoms with E-state index in [2.05, 4.69) is 26.9 Å². The van der Waals surface area contributed by atoms with Crippen LogP contribution in [0, 0.1) is 29.6 Å². The number of aliphatic hydroxyl groups excluding tert-OH is 1. The van der Waals surface area contributed by atoms with E-state index in [1.54, 1.807) is 13.1 Å². The minimum atomic E-state index is -0.642. The molecule has 1 aliphatic carbocycles. The Kier molecular flexibility index (Phi) is 7.21. The first-order chi connectivity index (χ1) is 17.5. The van der Waals surface area contributed by atoms with Crippen LogP contribution in [0.25, 0.3) is 11.3 Å². The summed E-state index contributed by atoms with van der Waals surface area (Å²) in [7, 11) is 0. The number of carbonyl (C=O) groups is 1. The van der Waals surface area contributed by atoms with Crippen LogP contribution in [0.5, 0.6) is 0 Å². The van der Waals surface area contributed by atoms with Crippen LogP contribution in [0.1, 0.15) is 49.9 Å². The number of fused-ring (bicyclic) bond motifs is 1. The van der Waals surface area contributed by atoms with Crippen LogP contribution in [-0.2, 0) is 16.1 Å². The second-order valence-electron chi connectivity index (χ2n) is 9.64. The van der Waals surface area contributed by atoms with E-state index >= 15 is 0 Å². The maximum absolute atomic E-state index is 11.5. The van der Waals surface area contributed by atoms with Gasteiger partial charge in [-0.2, -0.15) is 0 Å². The first-order valence-electron chi connectivity index (χ1n) is 12.7. The number of nitrogens with zero attached hydrogens (tertiary/aromatic N) is 4. The summed E-state index contributed by atoms with van der Waals surface area (Å²) in [6.45, 7) is 7.59. The molecule has 0 amide bonds. The average Bonchev–Trinajstić information content (AvgIpc) is 3.34. The zero-order chi connectivity index (χ0) is 25.1. The SMILES string of the molecule is CCOC(=O)CCCN1C[C@@H]2[C@@H](C#Cc3ccc(-c4cc(Cn5ccnc5[C@H](C)O)no4)cc3)[C@@H]2C1. The first-order valence-corrected chi connectivity index (χ1v) is 12.7. The highest BCUT2D eigenvalue weighted by Crippen LogP contribution is 2.51. The molecule has 1 aliphatic heterocycles. The van der Waals surface area contributed by atoms with Gasteiger partial charge in [-0.05, 0) is 62.9 Å². The molecule has 2 fully saturated rings. The van der Waals surface area contributed by atoms with Gasteiger partial charge in [0.15, 0.2) is 5.76 Å². The second-order valence-corrected chi connectivity index (χ2v) is 9.64. The summed E-state index contributed by atoms with van der Waals surface area (Å²) in [4.78, 5) is 18.1. The van der Waals surface area contributed by atoms with E-state index in [-0.39, 0.29) is 5.97 Å². The number of hydrogen-bond donors (Lipinski definition) is 1. The van der Waals surface area contributed by atoms with Crippen molar-refractivity contribution >= 4 is 5.97 Å². The van der Waals surface area contributed by atoms with Crippen LogP contribution in [0.2, 0.25) is 0 Å². The lowest BCUT2D eigenvalue weighted by Crippen LogP contribution is -2.26. The van der Waals surface area contributed by atoms with E-state index in [4.69, 9.17) is 9.26 Å². The third-order valence-electron chi connectivity index (χ3n) is 7.00. The Bertz CT molecular complexity index is 1240. The number of carbonyl (C=O) groups excluding carboxylic acids is 1. The fraction of sp³-hybridized carbons (Fsp3) is 0.464. The highest BCUT2D eigenvalue weighted by molar-refractivity contribution is 5.69. The van der Waals surface area contributed by atoms with Crippen LogP contribution < -0.4 is 0 Å². The van der Waals surface area contributed by atoms with Crippen molar-refractivity contribution in [3.8, 4) is 23.2 Å². The standard InChI is InChI=1S/C28H32N4O4/c1-3-35-27(34)5-4-13-31-17-24-23(25(24)18-31)11-8-20-6-9-21(10-7-20)26-15-22(30-36-26)16-32-14-12-29-28(32)19(2)33/h6-7,9-10,12,14-15,19,23-25,33H,3-5,13,16-18H2,1-2H3/t19-,23-,24-,25+/m0/s1. The normalized spacial score (nSPS) is 21.5. The molecule has 1 saturated carbocycles. The van der Waals surface area contributed by atoms with Crippen LogP contribution in [-0.4, -0.2) is 56.9 Å². The van der Waals surface area contributed by atoms with E-state index < -0.39 is 6.10 Å². The molecule has 8 nitrogen and oxygen atoms in total. The van der Waals surface area contributed by atoms with Crippen molar-refractivity contribution in [3.63, 3.8) is 0 Å². The van der Waals surface area contributed by atoms with Crippen molar-refractivity contribution in [3.05, 3.63) is 59.8 Å². The minimum absolute atomic E-state index is 0.0962. The van der Waals surface area contributed by atoms with Gasteiger partial charge in [-0.15, -0.1) is 0 Å². The van der Waals surface area contributed by atoms with Gasteiger partial charge >= 0.3 is 5.97 Å². The molecule has 0 spiro atoms. The Balaban J connectivity index is 1.10. The largest absolute Gasteiger partial charge is 0.466 e. The molecule has 0 bridgehead atoms. The van der Waals surface area contributed by atoms with Crippen LogP contribution in [0.15, 0.2) is 47.2 Å². The summed E-state index contributed by atoms with van der Waals surface area (Å²) in [6.07, 6.45) is 4.21.